The Kier molecular flexibility index (Phi) is 3.62. The van der Waals surface area contributed by atoms with Crippen molar-refractivity contribution in [3.05, 3.63) is 17.5 Å². The summed E-state index contributed by atoms with van der Waals surface area (Å²) in [5.74, 6) is 0.385. The minimum atomic E-state index is 0.0804. The van der Waals surface area contributed by atoms with E-state index in [4.69, 9.17) is 10.5 Å². The van der Waals surface area contributed by atoms with Crippen LogP contribution in [-0.2, 0) is 0 Å². The van der Waals surface area contributed by atoms with Crippen molar-refractivity contribution in [2.45, 2.75) is 58.1 Å². The van der Waals surface area contributed by atoms with Crippen molar-refractivity contribution in [3.8, 4) is 6.01 Å². The van der Waals surface area contributed by atoms with Crippen LogP contribution in [0.15, 0.2) is 6.07 Å². The second-order valence-corrected chi connectivity index (χ2v) is 5.12. The highest BCUT2D eigenvalue weighted by atomic mass is 16.5. The highest BCUT2D eigenvalue weighted by Gasteiger charge is 2.26. The van der Waals surface area contributed by atoms with E-state index < -0.39 is 0 Å². The van der Waals surface area contributed by atoms with Gasteiger partial charge in [0.25, 0.3) is 0 Å². The van der Waals surface area contributed by atoms with E-state index in [0.29, 0.717) is 11.9 Å². The zero-order chi connectivity index (χ0) is 12.4. The van der Waals surface area contributed by atoms with Crippen LogP contribution in [0.4, 0.5) is 0 Å². The van der Waals surface area contributed by atoms with E-state index in [1.165, 1.54) is 0 Å². The summed E-state index contributed by atoms with van der Waals surface area (Å²) in [7, 11) is 0. The Balaban J connectivity index is 2.15. The molecule has 1 fully saturated rings. The van der Waals surface area contributed by atoms with Crippen molar-refractivity contribution < 1.29 is 4.74 Å². The largest absolute Gasteiger partial charge is 0.458 e. The molecule has 17 heavy (non-hydrogen) atoms. The number of aryl methyl sites for hydroxylation is 1. The van der Waals surface area contributed by atoms with E-state index in [1.807, 2.05) is 13.0 Å². The van der Waals surface area contributed by atoms with Gasteiger partial charge in [-0.1, -0.05) is 13.8 Å². The van der Waals surface area contributed by atoms with Crippen molar-refractivity contribution in [2.75, 3.05) is 0 Å². The zero-order valence-electron chi connectivity index (χ0n) is 10.8. The minimum Gasteiger partial charge on any atom is -0.458 e. The second-order valence-electron chi connectivity index (χ2n) is 5.12. The van der Waals surface area contributed by atoms with E-state index in [1.54, 1.807) is 0 Å². The number of rotatable bonds is 3. The van der Waals surface area contributed by atoms with Gasteiger partial charge < -0.3 is 10.5 Å². The standard InChI is InChI=1S/C13H21N3O/c1-8(2)11-7-9(3)15-13(16-11)17-12-6-4-5-10(12)14/h7-8,10,12H,4-6,14H2,1-3H3. The van der Waals surface area contributed by atoms with E-state index in [-0.39, 0.29) is 12.1 Å². The topological polar surface area (TPSA) is 61.0 Å². The Labute approximate surface area is 103 Å². The molecule has 0 amide bonds. The SMILES string of the molecule is Cc1cc(C(C)C)nc(OC2CCCC2N)n1. The van der Waals surface area contributed by atoms with Crippen molar-refractivity contribution >= 4 is 0 Å². The molecule has 2 N–H and O–H groups in total. The maximum atomic E-state index is 5.98. The van der Waals surface area contributed by atoms with Gasteiger partial charge >= 0.3 is 6.01 Å². The minimum absolute atomic E-state index is 0.0804. The fourth-order valence-corrected chi connectivity index (χ4v) is 2.15. The molecule has 1 aliphatic rings. The monoisotopic (exact) mass is 235 g/mol. The Morgan fingerprint density at radius 3 is 2.71 bits per heavy atom. The van der Waals surface area contributed by atoms with Crippen LogP contribution in [0.2, 0.25) is 0 Å². The van der Waals surface area contributed by atoms with Gasteiger partial charge in [0.15, 0.2) is 0 Å². The summed E-state index contributed by atoms with van der Waals surface area (Å²) in [6.45, 7) is 6.20. The fraction of sp³-hybridized carbons (Fsp3) is 0.692. The van der Waals surface area contributed by atoms with Crippen LogP contribution in [0.25, 0.3) is 0 Å². The lowest BCUT2D eigenvalue weighted by Gasteiger charge is -2.17. The molecule has 4 heteroatoms. The third-order valence-corrected chi connectivity index (χ3v) is 3.21. The van der Waals surface area contributed by atoms with Gasteiger partial charge in [-0.15, -0.1) is 0 Å². The summed E-state index contributed by atoms with van der Waals surface area (Å²) >= 11 is 0. The van der Waals surface area contributed by atoms with Crippen LogP contribution in [0.5, 0.6) is 6.01 Å². The molecule has 0 aromatic carbocycles. The molecule has 1 heterocycles. The predicted molar refractivity (Wildman–Crippen MR) is 67.1 cm³/mol. The van der Waals surface area contributed by atoms with Gasteiger partial charge in [-0.3, -0.25) is 0 Å². The van der Waals surface area contributed by atoms with Crippen molar-refractivity contribution in [1.29, 1.82) is 0 Å². The molecule has 2 rings (SSSR count). The number of hydrogen-bond donors (Lipinski definition) is 1. The molecule has 2 unspecified atom stereocenters. The first kappa shape index (κ1) is 12.3. The molecule has 0 bridgehead atoms. The molecule has 0 saturated heterocycles. The first-order valence-electron chi connectivity index (χ1n) is 6.34. The van der Waals surface area contributed by atoms with E-state index >= 15 is 0 Å². The Bertz CT molecular complexity index is 392. The molecule has 2 atom stereocenters. The van der Waals surface area contributed by atoms with Crippen LogP contribution in [0.1, 0.15) is 50.4 Å². The molecular weight excluding hydrogens is 214 g/mol. The molecular formula is C13H21N3O. The van der Waals surface area contributed by atoms with E-state index in [2.05, 4.69) is 23.8 Å². The molecule has 1 aliphatic carbocycles. The first-order valence-corrected chi connectivity index (χ1v) is 6.34. The Hall–Kier alpha value is -1.16. The maximum Gasteiger partial charge on any atom is 0.317 e. The van der Waals surface area contributed by atoms with Gasteiger partial charge in [-0.2, -0.15) is 4.98 Å². The average molecular weight is 235 g/mol. The zero-order valence-corrected chi connectivity index (χ0v) is 10.8. The van der Waals surface area contributed by atoms with Crippen molar-refractivity contribution in [1.82, 2.24) is 9.97 Å². The van der Waals surface area contributed by atoms with Crippen LogP contribution in [-0.4, -0.2) is 22.1 Å². The quantitative estimate of drug-likeness (QED) is 0.872. The smallest absolute Gasteiger partial charge is 0.317 e. The molecule has 4 nitrogen and oxygen atoms in total. The lowest BCUT2D eigenvalue weighted by Crippen LogP contribution is -2.34. The molecule has 0 radical (unpaired) electrons. The summed E-state index contributed by atoms with van der Waals surface area (Å²) in [6.07, 6.45) is 3.26. The van der Waals surface area contributed by atoms with Crippen LogP contribution in [0, 0.1) is 6.92 Å². The molecule has 1 aromatic rings. The average Bonchev–Trinajstić information content (AvgIpc) is 2.63. The van der Waals surface area contributed by atoms with Gasteiger partial charge in [0.2, 0.25) is 0 Å². The number of hydrogen-bond acceptors (Lipinski definition) is 4. The number of nitrogens with two attached hydrogens (primary N) is 1. The number of ether oxygens (including phenoxy) is 1. The normalized spacial score (nSPS) is 24.3. The molecule has 0 spiro atoms. The summed E-state index contributed by atoms with van der Waals surface area (Å²) in [5.41, 5.74) is 7.96. The third-order valence-electron chi connectivity index (χ3n) is 3.21. The predicted octanol–water partition coefficient (Wildman–Crippen LogP) is 2.17. The van der Waals surface area contributed by atoms with Gasteiger partial charge in [-0.25, -0.2) is 4.98 Å². The Morgan fingerprint density at radius 1 is 1.35 bits per heavy atom. The first-order chi connectivity index (χ1) is 8.06. The van der Waals surface area contributed by atoms with Gasteiger partial charge in [0.05, 0.1) is 5.69 Å². The molecule has 1 saturated carbocycles. The highest BCUT2D eigenvalue weighted by molar-refractivity contribution is 5.15. The maximum absolute atomic E-state index is 5.98. The summed E-state index contributed by atoms with van der Waals surface area (Å²) in [5, 5.41) is 0. The van der Waals surface area contributed by atoms with E-state index in [9.17, 15) is 0 Å². The van der Waals surface area contributed by atoms with Gasteiger partial charge in [0, 0.05) is 11.7 Å². The number of aromatic nitrogens is 2. The Morgan fingerprint density at radius 2 is 2.12 bits per heavy atom. The van der Waals surface area contributed by atoms with Crippen LogP contribution < -0.4 is 10.5 Å². The summed E-state index contributed by atoms with van der Waals surface area (Å²) in [6, 6.07) is 2.62. The second kappa shape index (κ2) is 5.00. The molecule has 1 aromatic heterocycles. The van der Waals surface area contributed by atoms with Crippen molar-refractivity contribution in [2.24, 2.45) is 5.73 Å². The number of nitrogens with zero attached hydrogens (tertiary/aromatic N) is 2. The van der Waals surface area contributed by atoms with Gasteiger partial charge in [-0.05, 0) is 38.2 Å². The summed E-state index contributed by atoms with van der Waals surface area (Å²) < 4.78 is 5.81. The lowest BCUT2D eigenvalue weighted by molar-refractivity contribution is 0.174. The van der Waals surface area contributed by atoms with E-state index in [0.717, 1.165) is 30.7 Å². The van der Waals surface area contributed by atoms with Crippen molar-refractivity contribution in [3.63, 3.8) is 0 Å². The molecule has 0 aliphatic heterocycles. The van der Waals surface area contributed by atoms with Crippen LogP contribution >= 0.6 is 0 Å². The van der Waals surface area contributed by atoms with Crippen LogP contribution in [0.3, 0.4) is 0 Å². The highest BCUT2D eigenvalue weighted by Crippen LogP contribution is 2.23. The molecule has 94 valence electrons. The van der Waals surface area contributed by atoms with Gasteiger partial charge in [0.1, 0.15) is 6.10 Å². The summed E-state index contributed by atoms with van der Waals surface area (Å²) in [4.78, 5) is 8.77. The fourth-order valence-electron chi connectivity index (χ4n) is 2.15. The lowest BCUT2D eigenvalue weighted by atomic mass is 10.1. The third kappa shape index (κ3) is 2.94.